The lowest BCUT2D eigenvalue weighted by atomic mass is 9.95. The van der Waals surface area contributed by atoms with Crippen molar-refractivity contribution in [1.29, 1.82) is 0 Å². The number of ketones is 1. The average molecular weight is 483 g/mol. The van der Waals surface area contributed by atoms with Gasteiger partial charge in [0, 0.05) is 22.2 Å². The van der Waals surface area contributed by atoms with Gasteiger partial charge in [-0.25, -0.2) is 0 Å². The topological polar surface area (TPSA) is 114 Å². The lowest BCUT2D eigenvalue weighted by molar-refractivity contribution is -0.384. The largest absolute Gasteiger partial charge is 0.507 e. The number of halogens is 1. The fourth-order valence-corrected chi connectivity index (χ4v) is 3.77. The minimum Gasteiger partial charge on any atom is -0.507 e. The van der Waals surface area contributed by atoms with Crippen molar-refractivity contribution in [2.75, 3.05) is 0 Å². The number of Topliss-reactive ketones (excluding diaryl/α,β-unsaturated/α-hetero) is 1. The van der Waals surface area contributed by atoms with E-state index in [9.17, 15) is 24.8 Å². The van der Waals surface area contributed by atoms with Crippen molar-refractivity contribution in [1.82, 2.24) is 4.90 Å². The van der Waals surface area contributed by atoms with E-state index in [0.29, 0.717) is 16.9 Å². The van der Waals surface area contributed by atoms with Crippen molar-refractivity contribution in [2.24, 2.45) is 0 Å². The van der Waals surface area contributed by atoms with Crippen LogP contribution in [-0.2, 0) is 16.1 Å². The van der Waals surface area contributed by atoms with Gasteiger partial charge in [-0.05, 0) is 42.0 Å². The molecule has 4 rings (SSSR count). The minimum atomic E-state index is -0.936. The van der Waals surface area contributed by atoms with Crippen LogP contribution in [0.2, 0.25) is 0 Å². The second-order valence-electron chi connectivity index (χ2n) is 6.86. The second kappa shape index (κ2) is 8.19. The van der Waals surface area contributed by atoms with Crippen LogP contribution in [0.25, 0.3) is 5.76 Å². The zero-order valence-corrected chi connectivity index (χ0v) is 17.5. The predicted octanol–water partition coefficient (Wildman–Crippen LogP) is 4.57. The van der Waals surface area contributed by atoms with Crippen LogP contribution in [0.4, 0.5) is 5.69 Å². The Labute approximate surface area is 184 Å². The molecule has 1 aliphatic rings. The van der Waals surface area contributed by atoms with Crippen molar-refractivity contribution in [3.8, 4) is 0 Å². The number of likely N-dealkylation sites (tertiary alicyclic amines) is 1. The summed E-state index contributed by atoms with van der Waals surface area (Å²) in [6.07, 6.45) is 1.45. The maximum absolute atomic E-state index is 12.9. The third kappa shape index (κ3) is 3.87. The van der Waals surface area contributed by atoms with Gasteiger partial charge in [-0.3, -0.25) is 19.7 Å². The molecule has 1 fully saturated rings. The number of carbonyl (C=O) groups excluding carboxylic acids is 2. The Morgan fingerprint density at radius 3 is 2.35 bits per heavy atom. The fourth-order valence-electron chi connectivity index (χ4n) is 3.50. The molecule has 1 unspecified atom stereocenters. The van der Waals surface area contributed by atoms with Crippen molar-refractivity contribution in [3.63, 3.8) is 0 Å². The maximum atomic E-state index is 12.9. The molecule has 0 aliphatic carbocycles. The van der Waals surface area contributed by atoms with E-state index in [4.69, 9.17) is 4.42 Å². The smallest absolute Gasteiger partial charge is 0.296 e. The number of hydrogen-bond acceptors (Lipinski definition) is 6. The second-order valence-corrected chi connectivity index (χ2v) is 7.78. The number of nitrogens with zero attached hydrogens (tertiary/aromatic N) is 2. The summed E-state index contributed by atoms with van der Waals surface area (Å²) in [5.41, 5.74) is 0.605. The third-order valence-corrected chi connectivity index (χ3v) is 5.51. The molecule has 0 radical (unpaired) electrons. The summed E-state index contributed by atoms with van der Waals surface area (Å²) in [6.45, 7) is -0.00363. The van der Waals surface area contributed by atoms with Gasteiger partial charge in [0.05, 0.1) is 29.3 Å². The number of nitro benzene ring substituents is 1. The Morgan fingerprint density at radius 2 is 1.77 bits per heavy atom. The lowest BCUT2D eigenvalue weighted by Gasteiger charge is -2.24. The van der Waals surface area contributed by atoms with Gasteiger partial charge in [0.25, 0.3) is 17.4 Å². The summed E-state index contributed by atoms with van der Waals surface area (Å²) < 4.78 is 6.12. The van der Waals surface area contributed by atoms with Gasteiger partial charge in [-0.2, -0.15) is 0 Å². The van der Waals surface area contributed by atoms with Crippen LogP contribution in [-0.4, -0.2) is 26.6 Å². The summed E-state index contributed by atoms with van der Waals surface area (Å²) in [5.74, 6) is -1.50. The van der Waals surface area contributed by atoms with Gasteiger partial charge in [0.2, 0.25) is 0 Å². The highest BCUT2D eigenvalue weighted by Gasteiger charge is 2.46. The number of nitro groups is 1. The number of rotatable bonds is 5. The van der Waals surface area contributed by atoms with E-state index in [1.807, 2.05) is 0 Å². The Hall–Kier alpha value is -3.72. The van der Waals surface area contributed by atoms with Gasteiger partial charge in [-0.1, -0.05) is 28.1 Å². The third-order valence-electron chi connectivity index (χ3n) is 4.98. The summed E-state index contributed by atoms with van der Waals surface area (Å²) in [5, 5.41) is 22.0. The number of amides is 1. The first-order chi connectivity index (χ1) is 14.9. The molecule has 156 valence electrons. The quantitative estimate of drug-likeness (QED) is 0.187. The van der Waals surface area contributed by atoms with Gasteiger partial charge < -0.3 is 14.4 Å². The zero-order chi connectivity index (χ0) is 22.1. The number of hydrogen-bond donors (Lipinski definition) is 1. The van der Waals surface area contributed by atoms with Crippen LogP contribution in [0, 0.1) is 10.1 Å². The van der Waals surface area contributed by atoms with Crippen molar-refractivity contribution in [3.05, 3.63) is 104 Å². The number of furan rings is 1. The van der Waals surface area contributed by atoms with Crippen molar-refractivity contribution in [2.45, 2.75) is 12.6 Å². The highest BCUT2D eigenvalue weighted by Crippen LogP contribution is 2.40. The molecule has 1 saturated heterocycles. The van der Waals surface area contributed by atoms with Crippen LogP contribution in [0.3, 0.4) is 0 Å². The molecule has 0 saturated carbocycles. The molecule has 0 spiro atoms. The molecule has 1 aromatic heterocycles. The van der Waals surface area contributed by atoms with E-state index < -0.39 is 22.7 Å². The van der Waals surface area contributed by atoms with E-state index in [1.165, 1.54) is 35.4 Å². The number of carbonyl (C=O) groups is 2. The zero-order valence-electron chi connectivity index (χ0n) is 15.9. The van der Waals surface area contributed by atoms with E-state index in [2.05, 4.69) is 15.9 Å². The number of aliphatic hydroxyl groups excluding tert-OH is 1. The Balaban J connectivity index is 1.85. The van der Waals surface area contributed by atoms with E-state index >= 15 is 0 Å². The van der Waals surface area contributed by atoms with Gasteiger partial charge in [-0.15, -0.1) is 0 Å². The van der Waals surface area contributed by atoms with E-state index in [-0.39, 0.29) is 23.6 Å². The lowest BCUT2D eigenvalue weighted by Crippen LogP contribution is -2.29. The van der Waals surface area contributed by atoms with Crippen molar-refractivity contribution < 1.29 is 24.0 Å². The molecule has 3 aromatic rings. The molecule has 2 aromatic carbocycles. The highest BCUT2D eigenvalue weighted by molar-refractivity contribution is 9.10. The van der Waals surface area contributed by atoms with E-state index in [1.54, 1.807) is 36.4 Å². The molecular formula is C22H15BrN2O6. The van der Waals surface area contributed by atoms with Gasteiger partial charge >= 0.3 is 0 Å². The van der Waals surface area contributed by atoms with Crippen LogP contribution in [0.5, 0.6) is 0 Å². The van der Waals surface area contributed by atoms with Crippen LogP contribution >= 0.6 is 15.9 Å². The Morgan fingerprint density at radius 1 is 1.10 bits per heavy atom. The average Bonchev–Trinajstić information content (AvgIpc) is 3.36. The number of non-ortho nitro benzene ring substituents is 1. The maximum Gasteiger partial charge on any atom is 0.296 e. The monoisotopic (exact) mass is 482 g/mol. The van der Waals surface area contributed by atoms with E-state index in [0.717, 1.165) is 4.47 Å². The first kappa shape index (κ1) is 20.5. The molecule has 8 nitrogen and oxygen atoms in total. The Bertz CT molecular complexity index is 1180. The van der Waals surface area contributed by atoms with Crippen molar-refractivity contribution >= 4 is 39.1 Å². The fraction of sp³-hybridized carbons (Fsp3) is 0.0909. The summed E-state index contributed by atoms with van der Waals surface area (Å²) in [4.78, 5) is 37.6. The molecule has 31 heavy (non-hydrogen) atoms. The molecule has 9 heteroatoms. The highest BCUT2D eigenvalue weighted by atomic mass is 79.9. The minimum absolute atomic E-state index is 0.00363. The normalized spacial score (nSPS) is 17.8. The van der Waals surface area contributed by atoms with Crippen LogP contribution in [0.15, 0.2) is 81.4 Å². The SMILES string of the molecule is O=C1C(=O)N(Cc2ccco2)C(c2ccc([N+](=O)[O-])cc2)C1=C(O)c1ccc(Br)cc1. The summed E-state index contributed by atoms with van der Waals surface area (Å²) in [7, 11) is 0. The number of benzene rings is 2. The molecule has 0 bridgehead atoms. The first-order valence-corrected chi connectivity index (χ1v) is 9.97. The molecule has 1 atom stereocenters. The van der Waals surface area contributed by atoms with Crippen LogP contribution in [0.1, 0.15) is 22.9 Å². The van der Waals surface area contributed by atoms with Gasteiger partial charge in [0.15, 0.2) is 0 Å². The predicted molar refractivity (Wildman–Crippen MR) is 114 cm³/mol. The molecule has 2 heterocycles. The molecule has 1 aliphatic heterocycles. The summed E-state index contributed by atoms with van der Waals surface area (Å²) >= 11 is 3.32. The standard InChI is InChI=1S/C22H15BrN2O6/c23-15-7-3-14(4-8-15)20(26)18-19(13-5-9-16(10-6-13)25(29)30)24(22(28)21(18)27)12-17-2-1-11-31-17/h1-11,19,26H,12H2. The Kier molecular flexibility index (Phi) is 5.43. The molecule has 1 amide bonds. The summed E-state index contributed by atoms with van der Waals surface area (Å²) in [6, 6.07) is 14.6. The first-order valence-electron chi connectivity index (χ1n) is 9.18. The molecule has 1 N–H and O–H groups in total. The van der Waals surface area contributed by atoms with Crippen LogP contribution < -0.4 is 0 Å². The van der Waals surface area contributed by atoms with Gasteiger partial charge in [0.1, 0.15) is 11.5 Å². The number of aliphatic hydroxyl groups is 1. The molecular weight excluding hydrogens is 468 g/mol.